The summed E-state index contributed by atoms with van der Waals surface area (Å²) >= 11 is 0. The van der Waals surface area contributed by atoms with Gasteiger partial charge in [0.15, 0.2) is 12.1 Å². The lowest BCUT2D eigenvalue weighted by Crippen LogP contribution is -1.98. The number of carbonyl (C=O) groups excluding carboxylic acids is 1. The predicted molar refractivity (Wildman–Crippen MR) is 76.1 cm³/mol. The van der Waals surface area contributed by atoms with Gasteiger partial charge in [-0.2, -0.15) is 0 Å². The van der Waals surface area contributed by atoms with Crippen LogP contribution in [-0.2, 0) is 0 Å². The second kappa shape index (κ2) is 5.40. The van der Waals surface area contributed by atoms with Gasteiger partial charge in [-0.25, -0.2) is 9.97 Å². The maximum atomic E-state index is 11.1. The molecule has 0 radical (unpaired) electrons. The summed E-state index contributed by atoms with van der Waals surface area (Å²) in [6.45, 7) is 0. The second-order valence-corrected chi connectivity index (χ2v) is 4.20. The monoisotopic (exact) mass is 261 g/mol. The first kappa shape index (κ1) is 12.2. The van der Waals surface area contributed by atoms with Crippen molar-refractivity contribution in [2.24, 2.45) is 0 Å². The lowest BCUT2D eigenvalue weighted by molar-refractivity contribution is 0.111. The molecule has 0 amide bonds. The van der Waals surface area contributed by atoms with Crippen LogP contribution in [0.3, 0.4) is 0 Å². The molecule has 0 bridgehead atoms. The molecule has 0 aliphatic carbocycles. The summed E-state index contributed by atoms with van der Waals surface area (Å²) in [7, 11) is 0. The Morgan fingerprint density at radius 2 is 1.65 bits per heavy atom. The Morgan fingerprint density at radius 1 is 0.850 bits per heavy atom. The van der Waals surface area contributed by atoms with E-state index in [0.717, 1.165) is 17.5 Å². The number of hydrogen-bond acceptors (Lipinski definition) is 4. The van der Waals surface area contributed by atoms with E-state index >= 15 is 0 Å². The van der Waals surface area contributed by atoms with Crippen molar-refractivity contribution < 1.29 is 4.79 Å². The zero-order valence-electron chi connectivity index (χ0n) is 10.6. The first-order chi connectivity index (χ1) is 9.86. The maximum absolute atomic E-state index is 11.1. The highest BCUT2D eigenvalue weighted by atomic mass is 16.1. The van der Waals surface area contributed by atoms with Gasteiger partial charge in [-0.05, 0) is 18.2 Å². The molecule has 0 saturated carbocycles. The number of pyridine rings is 1. The number of nitrogens with zero attached hydrogens (tertiary/aromatic N) is 3. The van der Waals surface area contributed by atoms with E-state index in [1.807, 2.05) is 48.5 Å². The standard InChI is InChI=1S/C16H11N3O/c20-11-13-10-15(14-8-4-5-9-17-14)19-16(18-13)12-6-2-1-3-7-12/h1-11H. The lowest BCUT2D eigenvalue weighted by Gasteiger charge is -2.05. The molecule has 96 valence electrons. The van der Waals surface area contributed by atoms with E-state index in [4.69, 9.17) is 0 Å². The van der Waals surface area contributed by atoms with Crippen LogP contribution >= 0.6 is 0 Å². The van der Waals surface area contributed by atoms with Crippen molar-refractivity contribution in [3.63, 3.8) is 0 Å². The SMILES string of the molecule is O=Cc1cc(-c2ccccn2)nc(-c2ccccc2)n1. The molecule has 0 spiro atoms. The molecule has 3 aromatic rings. The number of carbonyl (C=O) groups is 1. The molecule has 0 atom stereocenters. The minimum Gasteiger partial charge on any atom is -0.296 e. The Kier molecular flexibility index (Phi) is 3.29. The van der Waals surface area contributed by atoms with E-state index in [0.29, 0.717) is 17.2 Å². The summed E-state index contributed by atoms with van der Waals surface area (Å²) in [5.41, 5.74) is 2.57. The van der Waals surface area contributed by atoms with E-state index in [-0.39, 0.29) is 0 Å². The Morgan fingerprint density at radius 3 is 2.35 bits per heavy atom. The first-order valence-electron chi connectivity index (χ1n) is 6.18. The van der Waals surface area contributed by atoms with E-state index in [1.54, 1.807) is 12.3 Å². The van der Waals surface area contributed by atoms with Gasteiger partial charge in [0.05, 0.1) is 11.4 Å². The van der Waals surface area contributed by atoms with Crippen LogP contribution < -0.4 is 0 Å². The van der Waals surface area contributed by atoms with Crippen molar-refractivity contribution in [2.75, 3.05) is 0 Å². The third-order valence-electron chi connectivity index (χ3n) is 2.83. The average Bonchev–Trinajstić information content (AvgIpc) is 2.56. The van der Waals surface area contributed by atoms with Gasteiger partial charge in [-0.15, -0.1) is 0 Å². The minimum atomic E-state index is 0.347. The number of hydrogen-bond donors (Lipinski definition) is 0. The maximum Gasteiger partial charge on any atom is 0.168 e. The summed E-state index contributed by atoms with van der Waals surface area (Å²) in [5.74, 6) is 0.524. The number of aromatic nitrogens is 3. The number of rotatable bonds is 3. The van der Waals surface area contributed by atoms with Gasteiger partial charge in [0, 0.05) is 11.8 Å². The molecular formula is C16H11N3O. The Hall–Kier alpha value is -2.88. The van der Waals surface area contributed by atoms with Crippen LogP contribution in [0.5, 0.6) is 0 Å². The molecule has 0 unspecified atom stereocenters. The molecule has 0 aliphatic rings. The predicted octanol–water partition coefficient (Wildman–Crippen LogP) is 3.02. The normalized spacial score (nSPS) is 10.2. The van der Waals surface area contributed by atoms with Crippen LogP contribution in [-0.4, -0.2) is 21.2 Å². The number of benzene rings is 1. The van der Waals surface area contributed by atoms with E-state index in [9.17, 15) is 4.79 Å². The summed E-state index contributed by atoms with van der Waals surface area (Å²) in [4.78, 5) is 24.0. The van der Waals surface area contributed by atoms with Crippen molar-refractivity contribution in [3.8, 4) is 22.8 Å². The van der Waals surface area contributed by atoms with Crippen LogP contribution in [0, 0.1) is 0 Å². The van der Waals surface area contributed by atoms with Gasteiger partial charge >= 0.3 is 0 Å². The third-order valence-corrected chi connectivity index (χ3v) is 2.83. The van der Waals surface area contributed by atoms with Crippen LogP contribution in [0.2, 0.25) is 0 Å². The average molecular weight is 261 g/mol. The highest BCUT2D eigenvalue weighted by Gasteiger charge is 2.08. The summed E-state index contributed by atoms with van der Waals surface area (Å²) in [5, 5.41) is 0. The van der Waals surface area contributed by atoms with Gasteiger partial charge in [-0.1, -0.05) is 36.4 Å². The second-order valence-electron chi connectivity index (χ2n) is 4.20. The van der Waals surface area contributed by atoms with Gasteiger partial charge in [0.2, 0.25) is 0 Å². The summed E-state index contributed by atoms with van der Waals surface area (Å²) < 4.78 is 0. The summed E-state index contributed by atoms with van der Waals surface area (Å²) in [6, 6.07) is 16.8. The van der Waals surface area contributed by atoms with E-state index in [1.165, 1.54) is 0 Å². The molecule has 3 rings (SSSR count). The van der Waals surface area contributed by atoms with Crippen LogP contribution in [0.25, 0.3) is 22.8 Å². The third kappa shape index (κ3) is 2.44. The van der Waals surface area contributed by atoms with Crippen molar-refractivity contribution in [1.82, 2.24) is 15.0 Å². The molecule has 2 aromatic heterocycles. The van der Waals surface area contributed by atoms with Gasteiger partial charge in [0.25, 0.3) is 0 Å². The largest absolute Gasteiger partial charge is 0.296 e. The lowest BCUT2D eigenvalue weighted by atomic mass is 10.2. The molecule has 20 heavy (non-hydrogen) atoms. The van der Waals surface area contributed by atoms with Gasteiger partial charge in [-0.3, -0.25) is 9.78 Å². The fourth-order valence-corrected chi connectivity index (χ4v) is 1.89. The molecule has 0 fully saturated rings. The van der Waals surface area contributed by atoms with E-state index < -0.39 is 0 Å². The molecule has 4 heteroatoms. The highest BCUT2D eigenvalue weighted by Crippen LogP contribution is 2.20. The topological polar surface area (TPSA) is 55.7 Å². The number of aldehydes is 1. The van der Waals surface area contributed by atoms with E-state index in [2.05, 4.69) is 15.0 Å². The van der Waals surface area contributed by atoms with Crippen LogP contribution in [0.4, 0.5) is 0 Å². The Labute approximate surface area is 116 Å². The molecule has 0 aliphatic heterocycles. The molecular weight excluding hydrogens is 250 g/mol. The molecule has 0 saturated heterocycles. The van der Waals surface area contributed by atoms with Crippen LogP contribution in [0.1, 0.15) is 10.5 Å². The van der Waals surface area contributed by atoms with Crippen molar-refractivity contribution in [1.29, 1.82) is 0 Å². The van der Waals surface area contributed by atoms with Crippen LogP contribution in [0.15, 0.2) is 60.8 Å². The Bertz CT molecular complexity index is 669. The quantitative estimate of drug-likeness (QED) is 0.680. The van der Waals surface area contributed by atoms with Crippen molar-refractivity contribution in [2.45, 2.75) is 0 Å². The first-order valence-corrected chi connectivity index (χ1v) is 6.18. The minimum absolute atomic E-state index is 0.347. The highest BCUT2D eigenvalue weighted by molar-refractivity contribution is 5.76. The van der Waals surface area contributed by atoms with Crippen molar-refractivity contribution in [3.05, 3.63) is 66.5 Å². The zero-order valence-corrected chi connectivity index (χ0v) is 10.6. The fourth-order valence-electron chi connectivity index (χ4n) is 1.89. The smallest absolute Gasteiger partial charge is 0.168 e. The zero-order chi connectivity index (χ0) is 13.8. The molecule has 2 heterocycles. The Balaban J connectivity index is 2.15. The van der Waals surface area contributed by atoms with Gasteiger partial charge < -0.3 is 0 Å². The van der Waals surface area contributed by atoms with Crippen molar-refractivity contribution >= 4 is 6.29 Å². The molecule has 4 nitrogen and oxygen atoms in total. The fraction of sp³-hybridized carbons (Fsp3) is 0. The summed E-state index contributed by atoms with van der Waals surface area (Å²) in [6.07, 6.45) is 2.42. The molecule has 1 aromatic carbocycles. The van der Waals surface area contributed by atoms with Gasteiger partial charge in [0.1, 0.15) is 5.69 Å². The molecule has 0 N–H and O–H groups in total.